The van der Waals surface area contributed by atoms with Crippen molar-refractivity contribution in [3.63, 3.8) is 0 Å². The zero-order valence-electron chi connectivity index (χ0n) is 18.0. The van der Waals surface area contributed by atoms with Gasteiger partial charge < -0.3 is 4.90 Å². The van der Waals surface area contributed by atoms with Crippen molar-refractivity contribution in [2.24, 2.45) is 0 Å². The highest BCUT2D eigenvalue weighted by Gasteiger charge is 2.25. The molecule has 0 N–H and O–H groups in total. The maximum atomic E-state index is 4.77. The summed E-state index contributed by atoms with van der Waals surface area (Å²) in [6.45, 7) is 4.78. The van der Waals surface area contributed by atoms with Gasteiger partial charge in [0.15, 0.2) is 0 Å². The van der Waals surface area contributed by atoms with E-state index < -0.39 is 0 Å². The third-order valence-electron chi connectivity index (χ3n) is 6.70. The van der Waals surface area contributed by atoms with E-state index in [9.17, 15) is 0 Å². The van der Waals surface area contributed by atoms with E-state index in [2.05, 4.69) is 41.1 Å². The molecule has 1 atom stereocenters. The van der Waals surface area contributed by atoms with Gasteiger partial charge in [-0.05, 0) is 101 Å². The predicted octanol–water partition coefficient (Wildman–Crippen LogP) is 4.79. The van der Waals surface area contributed by atoms with Crippen molar-refractivity contribution in [1.82, 2.24) is 19.8 Å². The standard InChI is InChI=1S/C25H36N4/c1-28(24-14-7-11-22-13-9-16-27-25(22)24)20-23-21(12-8-15-26-23)10-3-6-19-29-17-4-2-5-18-29/h8-9,12-13,15-16,24H,2-7,10-11,14,17-20H2,1H3. The van der Waals surface area contributed by atoms with Crippen molar-refractivity contribution in [2.45, 2.75) is 70.4 Å². The predicted molar refractivity (Wildman–Crippen MR) is 119 cm³/mol. The largest absolute Gasteiger partial charge is 0.303 e. The fourth-order valence-corrected chi connectivity index (χ4v) is 5.04. The van der Waals surface area contributed by atoms with Crippen LogP contribution in [-0.2, 0) is 19.4 Å². The summed E-state index contributed by atoms with van der Waals surface area (Å²) in [5.41, 5.74) is 5.38. The molecule has 2 aromatic rings. The molecular weight excluding hydrogens is 356 g/mol. The first kappa shape index (κ1) is 20.5. The summed E-state index contributed by atoms with van der Waals surface area (Å²) < 4.78 is 0. The Balaban J connectivity index is 1.33. The highest BCUT2D eigenvalue weighted by Crippen LogP contribution is 2.32. The summed E-state index contributed by atoms with van der Waals surface area (Å²) in [5, 5.41) is 0. The number of nitrogens with zero attached hydrogens (tertiary/aromatic N) is 4. The maximum absolute atomic E-state index is 4.77. The molecule has 2 aliphatic rings. The molecule has 2 aromatic heterocycles. The molecule has 1 aliphatic carbocycles. The Labute approximate surface area is 176 Å². The SMILES string of the molecule is CN(Cc1ncccc1CCCCN1CCCCC1)C1CCCc2cccnc21. The summed E-state index contributed by atoms with van der Waals surface area (Å²) in [6, 6.07) is 9.11. The van der Waals surface area contributed by atoms with E-state index in [4.69, 9.17) is 9.97 Å². The second-order valence-corrected chi connectivity index (χ2v) is 8.84. The Morgan fingerprint density at radius 1 is 1.00 bits per heavy atom. The van der Waals surface area contributed by atoms with Gasteiger partial charge in [-0.1, -0.05) is 18.6 Å². The quantitative estimate of drug-likeness (QED) is 0.604. The first-order chi connectivity index (χ1) is 14.3. The summed E-state index contributed by atoms with van der Waals surface area (Å²) in [4.78, 5) is 14.6. The van der Waals surface area contributed by atoms with Crippen molar-refractivity contribution < 1.29 is 0 Å². The molecule has 0 aromatic carbocycles. The van der Waals surface area contributed by atoms with Gasteiger partial charge in [0.25, 0.3) is 0 Å². The van der Waals surface area contributed by atoms with Crippen molar-refractivity contribution >= 4 is 0 Å². The van der Waals surface area contributed by atoms with Crippen LogP contribution in [0.4, 0.5) is 0 Å². The third kappa shape index (κ3) is 5.43. The summed E-state index contributed by atoms with van der Waals surface area (Å²) in [6.07, 6.45) is 15.4. The van der Waals surface area contributed by atoms with Gasteiger partial charge in [0.1, 0.15) is 0 Å². The molecule has 4 rings (SSSR count). The van der Waals surface area contributed by atoms with Crippen LogP contribution in [0.3, 0.4) is 0 Å². The van der Waals surface area contributed by atoms with Crippen LogP contribution in [0.15, 0.2) is 36.7 Å². The Kier molecular flexibility index (Phi) is 7.28. The third-order valence-corrected chi connectivity index (χ3v) is 6.70. The molecular formula is C25H36N4. The van der Waals surface area contributed by atoms with E-state index in [0.717, 1.165) is 13.0 Å². The summed E-state index contributed by atoms with van der Waals surface area (Å²) in [5.74, 6) is 0. The normalized spacial score (nSPS) is 20.0. The van der Waals surface area contributed by atoms with Gasteiger partial charge in [0, 0.05) is 18.9 Å². The minimum absolute atomic E-state index is 0.411. The molecule has 0 saturated carbocycles. The van der Waals surface area contributed by atoms with Gasteiger partial charge >= 0.3 is 0 Å². The number of hydrogen-bond donors (Lipinski definition) is 0. The fourth-order valence-electron chi connectivity index (χ4n) is 5.04. The second kappa shape index (κ2) is 10.3. The number of rotatable bonds is 8. The average Bonchev–Trinajstić information content (AvgIpc) is 2.78. The van der Waals surface area contributed by atoms with Crippen LogP contribution >= 0.6 is 0 Å². The van der Waals surface area contributed by atoms with E-state index in [0.29, 0.717) is 6.04 Å². The number of unbranched alkanes of at least 4 members (excludes halogenated alkanes) is 1. The molecule has 1 fully saturated rings. The number of pyridine rings is 2. The van der Waals surface area contributed by atoms with Crippen LogP contribution in [0.2, 0.25) is 0 Å². The van der Waals surface area contributed by atoms with E-state index in [1.165, 1.54) is 93.5 Å². The Morgan fingerprint density at radius 2 is 1.83 bits per heavy atom. The topological polar surface area (TPSA) is 32.3 Å². The van der Waals surface area contributed by atoms with Crippen LogP contribution in [0.25, 0.3) is 0 Å². The number of aryl methyl sites for hydroxylation is 2. The first-order valence-electron chi connectivity index (χ1n) is 11.6. The highest BCUT2D eigenvalue weighted by molar-refractivity contribution is 5.26. The molecule has 1 unspecified atom stereocenters. The van der Waals surface area contributed by atoms with Crippen LogP contribution in [0.5, 0.6) is 0 Å². The lowest BCUT2D eigenvalue weighted by Crippen LogP contribution is -2.30. The molecule has 0 amide bonds. The van der Waals surface area contributed by atoms with Crippen molar-refractivity contribution in [2.75, 3.05) is 26.7 Å². The lowest BCUT2D eigenvalue weighted by molar-refractivity contribution is 0.205. The first-order valence-corrected chi connectivity index (χ1v) is 11.6. The van der Waals surface area contributed by atoms with Gasteiger partial charge in [0.05, 0.1) is 17.4 Å². The van der Waals surface area contributed by atoms with E-state index in [1.807, 2.05) is 12.4 Å². The van der Waals surface area contributed by atoms with E-state index >= 15 is 0 Å². The fraction of sp³-hybridized carbons (Fsp3) is 0.600. The smallest absolute Gasteiger partial charge is 0.0607 e. The van der Waals surface area contributed by atoms with Gasteiger partial charge in [-0.3, -0.25) is 14.9 Å². The van der Waals surface area contributed by atoms with Crippen molar-refractivity contribution in [3.8, 4) is 0 Å². The molecule has 0 bridgehead atoms. The van der Waals surface area contributed by atoms with Gasteiger partial charge in [-0.2, -0.15) is 0 Å². The molecule has 4 heteroatoms. The zero-order valence-corrected chi connectivity index (χ0v) is 18.0. The molecule has 0 radical (unpaired) electrons. The molecule has 29 heavy (non-hydrogen) atoms. The van der Waals surface area contributed by atoms with Crippen molar-refractivity contribution in [3.05, 3.63) is 59.2 Å². The van der Waals surface area contributed by atoms with Gasteiger partial charge in [0.2, 0.25) is 0 Å². The highest BCUT2D eigenvalue weighted by atomic mass is 15.1. The van der Waals surface area contributed by atoms with Gasteiger partial charge in [-0.25, -0.2) is 0 Å². The number of hydrogen-bond acceptors (Lipinski definition) is 4. The number of fused-ring (bicyclic) bond motifs is 1. The van der Waals surface area contributed by atoms with Gasteiger partial charge in [-0.15, -0.1) is 0 Å². The van der Waals surface area contributed by atoms with Crippen LogP contribution in [0.1, 0.15) is 73.5 Å². The average molecular weight is 393 g/mol. The minimum Gasteiger partial charge on any atom is -0.303 e. The maximum Gasteiger partial charge on any atom is 0.0607 e. The van der Waals surface area contributed by atoms with Crippen LogP contribution in [-0.4, -0.2) is 46.4 Å². The zero-order chi connectivity index (χ0) is 19.9. The molecule has 1 aliphatic heterocycles. The summed E-state index contributed by atoms with van der Waals surface area (Å²) >= 11 is 0. The Hall–Kier alpha value is -1.78. The van der Waals surface area contributed by atoms with E-state index in [1.54, 1.807) is 0 Å². The monoisotopic (exact) mass is 392 g/mol. The van der Waals surface area contributed by atoms with Crippen molar-refractivity contribution in [1.29, 1.82) is 0 Å². The van der Waals surface area contributed by atoms with Crippen LogP contribution < -0.4 is 0 Å². The molecule has 3 heterocycles. The Morgan fingerprint density at radius 3 is 2.72 bits per heavy atom. The number of aromatic nitrogens is 2. The lowest BCUT2D eigenvalue weighted by Gasteiger charge is -2.32. The molecule has 156 valence electrons. The Bertz CT molecular complexity index is 769. The van der Waals surface area contributed by atoms with Crippen LogP contribution in [0, 0.1) is 0 Å². The minimum atomic E-state index is 0.411. The second-order valence-electron chi connectivity index (χ2n) is 8.84. The summed E-state index contributed by atoms with van der Waals surface area (Å²) in [7, 11) is 2.24. The molecule has 1 saturated heterocycles. The number of likely N-dealkylation sites (tertiary alicyclic amines) is 1. The molecule has 0 spiro atoms. The number of piperidine rings is 1. The van der Waals surface area contributed by atoms with E-state index in [-0.39, 0.29) is 0 Å². The molecule has 4 nitrogen and oxygen atoms in total. The lowest BCUT2D eigenvalue weighted by atomic mass is 9.91.